The van der Waals surface area contributed by atoms with E-state index in [9.17, 15) is 9.59 Å². The molecule has 1 aromatic carbocycles. The Bertz CT molecular complexity index is 1280. The number of allylic oxidation sites excluding steroid dienone is 4. The molecule has 3 amide bonds. The summed E-state index contributed by atoms with van der Waals surface area (Å²) in [7, 11) is 0. The summed E-state index contributed by atoms with van der Waals surface area (Å²) >= 11 is 0. The Labute approximate surface area is 244 Å². The van der Waals surface area contributed by atoms with Crippen molar-refractivity contribution in [1.29, 1.82) is 0 Å². The molecule has 0 fully saturated rings. The predicted molar refractivity (Wildman–Crippen MR) is 167 cm³/mol. The molecule has 0 radical (unpaired) electrons. The number of hydrogen-bond donors (Lipinski definition) is 5. The lowest BCUT2D eigenvalue weighted by molar-refractivity contribution is -0.121. The van der Waals surface area contributed by atoms with Crippen molar-refractivity contribution in [2.75, 3.05) is 17.2 Å². The highest BCUT2D eigenvalue weighted by Crippen LogP contribution is 2.25. The Hall–Kier alpha value is -4.27. The molecule has 9 nitrogen and oxygen atoms in total. The highest BCUT2D eigenvalue weighted by molar-refractivity contribution is 5.99. The first-order valence-corrected chi connectivity index (χ1v) is 14.0. The number of hydrogen-bond acceptors (Lipinski definition) is 6. The van der Waals surface area contributed by atoms with Gasteiger partial charge in [-0.1, -0.05) is 69.8 Å². The number of nitrogens with two attached hydrogens (primary N) is 1. The SMILES string of the molecule is C=C(N)\C(Cc1ccc(NC(=O)Nc2cc(C(C)(C)C)on2)cc1)=C(NCCC(C)NC(=O)CC)/C(=C\C)/C=C/C. The summed E-state index contributed by atoms with van der Waals surface area (Å²) in [5.74, 6) is 1.07. The molecular formula is C32H46N6O3. The summed E-state index contributed by atoms with van der Waals surface area (Å²) < 4.78 is 5.32. The largest absolute Gasteiger partial charge is 0.399 e. The molecule has 1 unspecified atom stereocenters. The molecule has 1 atom stereocenters. The monoisotopic (exact) mass is 562 g/mol. The Morgan fingerprint density at radius 2 is 1.83 bits per heavy atom. The Morgan fingerprint density at radius 3 is 2.37 bits per heavy atom. The topological polar surface area (TPSA) is 134 Å². The number of amides is 3. The van der Waals surface area contributed by atoms with Crippen LogP contribution in [0.5, 0.6) is 0 Å². The lowest BCUT2D eigenvalue weighted by atomic mass is 9.93. The predicted octanol–water partition coefficient (Wildman–Crippen LogP) is 6.30. The van der Waals surface area contributed by atoms with Gasteiger partial charge in [-0.3, -0.25) is 10.1 Å². The maximum Gasteiger partial charge on any atom is 0.324 e. The van der Waals surface area contributed by atoms with Crippen LogP contribution < -0.4 is 27.0 Å². The molecule has 0 aliphatic rings. The number of aromatic nitrogens is 1. The average Bonchev–Trinajstić information content (AvgIpc) is 3.38. The third kappa shape index (κ3) is 10.7. The van der Waals surface area contributed by atoms with E-state index in [2.05, 4.69) is 33.0 Å². The van der Waals surface area contributed by atoms with Gasteiger partial charge in [-0.2, -0.15) is 0 Å². The van der Waals surface area contributed by atoms with E-state index < -0.39 is 6.03 Å². The molecule has 6 N–H and O–H groups in total. The van der Waals surface area contributed by atoms with Gasteiger partial charge in [0.25, 0.3) is 0 Å². The molecule has 9 heteroatoms. The van der Waals surface area contributed by atoms with E-state index >= 15 is 0 Å². The highest BCUT2D eigenvalue weighted by atomic mass is 16.5. The van der Waals surface area contributed by atoms with E-state index in [1.54, 1.807) is 6.07 Å². The van der Waals surface area contributed by atoms with Crippen molar-refractivity contribution in [2.24, 2.45) is 5.73 Å². The van der Waals surface area contributed by atoms with Gasteiger partial charge in [-0.15, -0.1) is 0 Å². The number of urea groups is 1. The fraction of sp³-hybridized carbons (Fsp3) is 0.406. The van der Waals surface area contributed by atoms with E-state index in [4.69, 9.17) is 10.3 Å². The minimum atomic E-state index is -0.414. The summed E-state index contributed by atoms with van der Waals surface area (Å²) in [5.41, 5.74) is 11.0. The Balaban J connectivity index is 2.17. The second-order valence-electron chi connectivity index (χ2n) is 10.9. The normalized spacial score (nSPS) is 13.4. The highest BCUT2D eigenvalue weighted by Gasteiger charge is 2.20. The van der Waals surface area contributed by atoms with E-state index in [0.29, 0.717) is 42.3 Å². The number of anilines is 2. The molecule has 0 spiro atoms. The minimum absolute atomic E-state index is 0.0376. The van der Waals surface area contributed by atoms with Crippen LogP contribution in [0.1, 0.15) is 72.6 Å². The summed E-state index contributed by atoms with van der Waals surface area (Å²) in [6, 6.07) is 8.90. The van der Waals surface area contributed by atoms with Crippen molar-refractivity contribution in [2.45, 2.75) is 79.2 Å². The number of nitrogens with one attached hydrogen (secondary N) is 4. The van der Waals surface area contributed by atoms with Gasteiger partial charge in [0, 0.05) is 59.6 Å². The number of carbonyl (C=O) groups is 2. The smallest absolute Gasteiger partial charge is 0.324 e. The molecule has 0 aliphatic carbocycles. The van der Waals surface area contributed by atoms with Gasteiger partial charge in [-0.05, 0) is 50.5 Å². The zero-order chi connectivity index (χ0) is 30.6. The van der Waals surface area contributed by atoms with E-state index in [1.807, 2.05) is 91.0 Å². The summed E-state index contributed by atoms with van der Waals surface area (Å²) in [4.78, 5) is 24.2. The first-order valence-electron chi connectivity index (χ1n) is 14.0. The van der Waals surface area contributed by atoms with Gasteiger partial charge in [0.2, 0.25) is 5.91 Å². The maximum absolute atomic E-state index is 12.5. The van der Waals surface area contributed by atoms with Crippen LogP contribution in [0.15, 0.2) is 82.2 Å². The second kappa shape index (κ2) is 15.5. The lowest BCUT2D eigenvalue weighted by Crippen LogP contribution is -2.34. The lowest BCUT2D eigenvalue weighted by Gasteiger charge is -2.21. The molecule has 0 bridgehead atoms. The third-order valence-electron chi connectivity index (χ3n) is 6.33. The molecule has 2 rings (SSSR count). The molecule has 1 aromatic heterocycles. The quantitative estimate of drug-likeness (QED) is 0.182. The van der Waals surface area contributed by atoms with E-state index in [-0.39, 0.29) is 17.4 Å². The Kier molecular flexibility index (Phi) is 12.5. The van der Waals surface area contributed by atoms with Gasteiger partial charge in [0.05, 0.1) is 0 Å². The second-order valence-corrected chi connectivity index (χ2v) is 10.9. The van der Waals surface area contributed by atoms with E-state index in [1.165, 1.54) is 0 Å². The molecule has 0 aliphatic heterocycles. The summed E-state index contributed by atoms with van der Waals surface area (Å²) in [6.07, 6.45) is 7.78. The standard InChI is InChI=1S/C32H46N6O3/c1-9-12-24(10-2)30(34-18-17-21(4)35-29(39)11-3)26(22(5)33)19-23-13-15-25(16-14-23)36-31(40)37-28-20-27(41-38-28)32(6,7)8/h9-10,12-16,20-21,34H,5,11,17-19,33H2,1-4,6-8H3,(H,35,39)(H2,36,37,38,40)/b12-9+,24-10-,30-26+. The molecule has 0 saturated heterocycles. The zero-order valence-electron chi connectivity index (χ0n) is 25.5. The van der Waals surface area contributed by atoms with Gasteiger partial charge in [-0.25, -0.2) is 4.79 Å². The van der Waals surface area contributed by atoms with Gasteiger partial charge in [0.1, 0.15) is 5.76 Å². The molecule has 2 aromatic rings. The molecule has 1 heterocycles. The van der Waals surface area contributed by atoms with E-state index in [0.717, 1.165) is 28.8 Å². The maximum atomic E-state index is 12.5. The van der Waals surface area contributed by atoms with Crippen molar-refractivity contribution >= 4 is 23.4 Å². The van der Waals surface area contributed by atoms with Crippen LogP contribution in [0.25, 0.3) is 0 Å². The first-order chi connectivity index (χ1) is 19.4. The van der Waals surface area contributed by atoms with Crippen LogP contribution in [0, 0.1) is 0 Å². The minimum Gasteiger partial charge on any atom is -0.399 e. The fourth-order valence-electron chi connectivity index (χ4n) is 3.99. The summed E-state index contributed by atoms with van der Waals surface area (Å²) in [5, 5.41) is 16.0. The number of rotatable bonds is 13. The van der Waals surface area contributed by atoms with Crippen molar-refractivity contribution in [3.8, 4) is 0 Å². The van der Waals surface area contributed by atoms with Crippen LogP contribution in [0.2, 0.25) is 0 Å². The zero-order valence-corrected chi connectivity index (χ0v) is 25.5. The van der Waals surface area contributed by atoms with Crippen LogP contribution in [0.3, 0.4) is 0 Å². The average molecular weight is 563 g/mol. The molecule has 222 valence electrons. The van der Waals surface area contributed by atoms with Crippen molar-refractivity contribution in [3.63, 3.8) is 0 Å². The molecule has 0 saturated carbocycles. The van der Waals surface area contributed by atoms with Crippen LogP contribution in [0.4, 0.5) is 16.3 Å². The number of benzene rings is 1. The molecule has 41 heavy (non-hydrogen) atoms. The first kappa shape index (κ1) is 32.9. The summed E-state index contributed by atoms with van der Waals surface area (Å²) in [6.45, 7) is 18.5. The van der Waals surface area contributed by atoms with Gasteiger partial charge in [0.15, 0.2) is 5.82 Å². The Morgan fingerprint density at radius 1 is 1.15 bits per heavy atom. The van der Waals surface area contributed by atoms with Crippen LogP contribution >= 0.6 is 0 Å². The van der Waals surface area contributed by atoms with Crippen molar-refractivity contribution in [1.82, 2.24) is 15.8 Å². The third-order valence-corrected chi connectivity index (χ3v) is 6.33. The van der Waals surface area contributed by atoms with Crippen molar-refractivity contribution < 1.29 is 14.1 Å². The molecular weight excluding hydrogens is 516 g/mol. The van der Waals surface area contributed by atoms with Gasteiger partial charge < -0.3 is 26.2 Å². The van der Waals surface area contributed by atoms with Gasteiger partial charge >= 0.3 is 6.03 Å². The van der Waals surface area contributed by atoms with Crippen LogP contribution in [-0.4, -0.2) is 29.7 Å². The van der Waals surface area contributed by atoms with Crippen molar-refractivity contribution in [3.05, 3.63) is 89.0 Å². The van der Waals surface area contributed by atoms with Crippen LogP contribution in [-0.2, 0) is 16.6 Å². The number of nitrogens with zero attached hydrogens (tertiary/aromatic N) is 1. The number of carbonyl (C=O) groups excluding carboxylic acids is 2. The fourth-order valence-corrected chi connectivity index (χ4v) is 3.99.